The van der Waals surface area contributed by atoms with Crippen LogP contribution in [-0.2, 0) is 0 Å². The molecule has 0 aromatic heterocycles. The van der Waals surface area contributed by atoms with Gasteiger partial charge in [0.15, 0.2) is 20.1 Å². The molecule has 0 aliphatic heterocycles. The second kappa shape index (κ2) is 51.6. The first-order valence-electron chi connectivity index (χ1n) is 47.7. The van der Waals surface area contributed by atoms with Gasteiger partial charge in [0.2, 0.25) is 0 Å². The highest BCUT2D eigenvalue weighted by Gasteiger charge is 2.33. The summed E-state index contributed by atoms with van der Waals surface area (Å²) in [6, 6.07) is 59.2. The molecule has 0 N–H and O–H groups in total. The van der Waals surface area contributed by atoms with Crippen LogP contribution in [0.2, 0.25) is 133 Å². The van der Waals surface area contributed by atoms with Crippen LogP contribution < -0.4 is 35.0 Å². The highest BCUT2D eigenvalue weighted by atomic mass is 28.3. The molecule has 7 rings (SSSR count). The molecule has 0 fully saturated rings. The average molecular weight is 1710 g/mol. The Kier molecular flexibility index (Phi) is 50.3. The molecular weight excluding hydrogens is 1520 g/mol. The Morgan fingerprint density at radius 3 is 0.590 bits per heavy atom. The zero-order valence-corrected chi connectivity index (χ0v) is 93.9. The van der Waals surface area contributed by atoms with Gasteiger partial charge in [-0.05, 0) is 135 Å². The molecule has 0 spiro atoms. The van der Waals surface area contributed by atoms with E-state index in [9.17, 15) is 0 Å². The minimum atomic E-state index is -1.32. The summed E-state index contributed by atoms with van der Waals surface area (Å²) in [5.74, 6) is 4.64. The maximum Gasteiger partial charge on any atom is 0.179 e. The summed E-state index contributed by atoms with van der Waals surface area (Å²) in [6.45, 7) is 119. The monoisotopic (exact) mass is 1710 g/mol. The van der Waals surface area contributed by atoms with Gasteiger partial charge in [0, 0.05) is 35.3 Å². The summed E-state index contributed by atoms with van der Waals surface area (Å²) in [5.41, 5.74) is 22.3. The fourth-order valence-electron chi connectivity index (χ4n) is 12.8. The van der Waals surface area contributed by atoms with Gasteiger partial charge in [0.1, 0.15) is 38.1 Å². The summed E-state index contributed by atoms with van der Waals surface area (Å²) in [4.78, 5) is 2.43. The van der Waals surface area contributed by atoms with Crippen molar-refractivity contribution < 1.29 is 0 Å². The molecule has 0 saturated carbocycles. The Bertz CT molecular complexity index is 3420. The zero-order chi connectivity index (χ0) is 96.1. The van der Waals surface area contributed by atoms with Gasteiger partial charge in [-0.2, -0.15) is 0 Å². The largest absolute Gasteiger partial charge is 0.401 e. The van der Waals surface area contributed by atoms with E-state index in [1.807, 2.05) is 0 Å². The molecule has 0 heterocycles. The van der Waals surface area contributed by atoms with Crippen LogP contribution in [0.15, 0.2) is 164 Å². The number of rotatable bonds is 18. The lowest BCUT2D eigenvalue weighted by atomic mass is 9.31. The van der Waals surface area contributed by atoms with E-state index in [0.717, 1.165) is 13.4 Å². The second-order valence-corrected chi connectivity index (χ2v) is 62.9. The third-order valence-corrected chi connectivity index (χ3v) is 32.8. The molecule has 0 saturated heterocycles. The average Bonchev–Trinajstić information content (AvgIpc) is 0.803. The van der Waals surface area contributed by atoms with Gasteiger partial charge in [-0.15, -0.1) is 0 Å². The highest BCUT2D eigenvalue weighted by Crippen LogP contribution is 2.41. The smallest absolute Gasteiger partial charge is 0.179 e. The minimum Gasteiger partial charge on any atom is -0.401 e. The van der Waals surface area contributed by atoms with Crippen LogP contribution in [0.25, 0.3) is 0 Å². The zero-order valence-electron chi connectivity index (χ0n) is 90.9. The Hall–Kier alpha value is -5.28. The fraction of sp³-hybridized carbons (Fsp3) is 0.618. The van der Waals surface area contributed by atoms with E-state index >= 15 is 0 Å². The Morgan fingerprint density at radius 2 is 0.418 bits per heavy atom. The van der Waals surface area contributed by atoms with E-state index in [-0.39, 0.29) is 5.54 Å². The van der Waals surface area contributed by atoms with Crippen LogP contribution in [0.1, 0.15) is 327 Å². The predicted octanol–water partition coefficient (Wildman–Crippen LogP) is 34.3. The third kappa shape index (κ3) is 41.7. The van der Waals surface area contributed by atoms with Gasteiger partial charge in [0.25, 0.3) is 0 Å². The first-order chi connectivity index (χ1) is 55.1. The summed E-state index contributed by atoms with van der Waals surface area (Å²) in [5, 5.41) is 2.04. The van der Waals surface area contributed by atoms with E-state index in [1.54, 1.807) is 5.46 Å². The molecular formula is C110H197B5N4Si3. The highest BCUT2D eigenvalue weighted by molar-refractivity contribution is 6.81. The van der Waals surface area contributed by atoms with Crippen molar-refractivity contribution in [2.75, 3.05) is 46.8 Å². The molecule has 0 amide bonds. The van der Waals surface area contributed by atoms with Crippen LogP contribution >= 0.6 is 0 Å². The molecule has 12 heteroatoms. The van der Waals surface area contributed by atoms with Crippen molar-refractivity contribution in [1.29, 1.82) is 0 Å². The molecule has 0 atom stereocenters. The Balaban J connectivity index is 0. The van der Waals surface area contributed by atoms with E-state index in [1.165, 1.54) is 78.2 Å². The van der Waals surface area contributed by atoms with Crippen LogP contribution in [0.4, 0.5) is 22.7 Å². The van der Waals surface area contributed by atoms with Crippen molar-refractivity contribution in [2.45, 2.75) is 422 Å². The summed E-state index contributed by atoms with van der Waals surface area (Å²) >= 11 is 0. The fourth-order valence-corrected chi connectivity index (χ4v) is 15.5. The van der Waals surface area contributed by atoms with Crippen LogP contribution in [0.5, 0.6) is 0 Å². The van der Waals surface area contributed by atoms with Crippen molar-refractivity contribution in [3.8, 4) is 0 Å². The van der Waals surface area contributed by atoms with Gasteiger partial charge in [-0.1, -0.05) is 527 Å². The van der Waals surface area contributed by atoms with Crippen molar-refractivity contribution in [2.24, 2.45) is 0 Å². The maximum atomic E-state index is 2.57. The van der Waals surface area contributed by atoms with Crippen molar-refractivity contribution in [1.82, 2.24) is 0 Å². The molecule has 0 bridgehead atoms. The molecule has 4 nitrogen and oxygen atoms in total. The number of hydrogen-bond donors (Lipinski definition) is 0. The summed E-state index contributed by atoms with van der Waals surface area (Å²) in [7, 11) is 5.14. The van der Waals surface area contributed by atoms with Gasteiger partial charge in [-0.25, -0.2) is 0 Å². The van der Waals surface area contributed by atoms with Gasteiger partial charge in [0.05, 0.1) is 0 Å². The van der Waals surface area contributed by atoms with Crippen molar-refractivity contribution in [3.63, 3.8) is 0 Å². The van der Waals surface area contributed by atoms with E-state index in [0.29, 0.717) is 94.1 Å². The number of para-hydroxylation sites is 4. The first-order valence-corrected chi connectivity index (χ1v) is 58.0. The minimum absolute atomic E-state index is 0.147. The summed E-state index contributed by atoms with van der Waals surface area (Å²) in [6.07, 6.45) is 0. The van der Waals surface area contributed by atoms with Gasteiger partial charge < -0.3 is 18.6 Å². The topological polar surface area (TPSA) is 13.0 Å². The second-order valence-electron chi connectivity index (χ2n) is 47.8. The normalized spacial score (nSPS) is 12.0. The van der Waals surface area contributed by atoms with Gasteiger partial charge in [-0.3, -0.25) is 0 Å². The maximum absolute atomic E-state index is 2.57. The third-order valence-electron chi connectivity index (χ3n) is 26.0. The number of benzene rings is 7. The SMILES string of the molecule is CB(C)C(C)(C)C.CB(C)C(C)(C)C.CB(c1c(C(C)C)cccc1C(C)C)C(C)(C)C.CB(c1ccccc1)C(C)(C)C.CB(c1ccccc1)C(C)(C)C.CC(C)c1cccc(C(C)C)c1N(C)C(C)(C)C.CC(C)c1cccc(C(C)C)c1N(C)[Si](C)(C)C.CC(C)c1cccc(C(C)C)c1N(C)[Si](C)(C)C.CN(c1ccccc1)[Si](C)(C)C. The Labute approximate surface area is 768 Å². The number of hydrogen-bond acceptors (Lipinski definition) is 4. The molecule has 7 aromatic carbocycles. The molecule has 0 radical (unpaired) electrons. The number of anilines is 4. The predicted molar refractivity (Wildman–Crippen MR) is 589 cm³/mol. The quantitative estimate of drug-likeness (QED) is 0.0794. The molecule has 0 aliphatic carbocycles. The first kappa shape index (κ1) is 119. The van der Waals surface area contributed by atoms with Crippen molar-refractivity contribution in [3.05, 3.63) is 208 Å². The van der Waals surface area contributed by atoms with E-state index in [4.69, 9.17) is 0 Å². The standard InChI is InChI=1S/C17H29B.C17H29N.2C16H29NSi.2C11H17B.C10H17NSi.2C6H15B/c2*1-12(2)14-10-9-11-15(13(3)4)16(14)18(8)17(5,6)7;2*1-12(2)14-10-9-11-15(13(3)4)16(14)17(5)18(6,7)8;2*1-11(2,3)12(4)10-8-6-5-7-9-10;1-11(12(2,3)4)10-8-6-5-7-9-10;2*1-6(2,3)7(4)5/h4*9-13H,1-8H3;3*5-9H,1-4H3;2*1-5H3. The van der Waals surface area contributed by atoms with E-state index < -0.39 is 24.7 Å². The lowest BCUT2D eigenvalue weighted by Gasteiger charge is -2.38. The van der Waals surface area contributed by atoms with Crippen molar-refractivity contribution >= 4 is 97.4 Å². The molecule has 0 unspecified atom stereocenters. The molecule has 684 valence electrons. The van der Waals surface area contributed by atoms with Crippen LogP contribution in [0, 0.1) is 0 Å². The van der Waals surface area contributed by atoms with Crippen LogP contribution in [-0.4, -0.2) is 92.0 Å². The molecule has 122 heavy (non-hydrogen) atoms. The lowest BCUT2D eigenvalue weighted by Crippen LogP contribution is -2.44. The van der Waals surface area contributed by atoms with E-state index in [2.05, 4.69) is 553 Å². The van der Waals surface area contributed by atoms with Crippen LogP contribution in [0.3, 0.4) is 0 Å². The van der Waals surface area contributed by atoms with Gasteiger partial charge >= 0.3 is 0 Å². The summed E-state index contributed by atoms with van der Waals surface area (Å²) < 4.78 is 7.54. The Morgan fingerprint density at radius 1 is 0.230 bits per heavy atom. The lowest BCUT2D eigenvalue weighted by molar-refractivity contribution is 0.533. The molecule has 0 aliphatic rings. The molecule has 7 aromatic rings. The number of nitrogens with zero attached hydrogens (tertiary/aromatic N) is 4.